The fourth-order valence-electron chi connectivity index (χ4n) is 3.70. The lowest BCUT2D eigenvalue weighted by atomic mass is 10.0. The second kappa shape index (κ2) is 6.06. The molecule has 1 saturated carbocycles. The molecule has 1 aromatic carbocycles. The second-order valence-electron chi connectivity index (χ2n) is 6.12. The Hall–Kier alpha value is -0.860. The molecule has 0 bridgehead atoms. The average molecular weight is 259 g/mol. The molecule has 1 fully saturated rings. The van der Waals surface area contributed by atoms with Crippen molar-refractivity contribution in [2.24, 2.45) is 0 Å². The van der Waals surface area contributed by atoms with Crippen LogP contribution in [0.5, 0.6) is 0 Å². The lowest BCUT2D eigenvalue weighted by Crippen LogP contribution is -2.42. The molecule has 104 valence electrons. The summed E-state index contributed by atoms with van der Waals surface area (Å²) in [6.07, 6.45) is 8.22. The summed E-state index contributed by atoms with van der Waals surface area (Å²) in [6, 6.07) is 9.20. The van der Waals surface area contributed by atoms with E-state index in [1.165, 1.54) is 49.7 Å². The van der Waals surface area contributed by atoms with E-state index in [0.717, 1.165) is 19.5 Å². The minimum Gasteiger partial charge on any atom is -0.391 e. The Morgan fingerprint density at radius 2 is 1.74 bits per heavy atom. The van der Waals surface area contributed by atoms with Crippen LogP contribution in [0.2, 0.25) is 0 Å². The van der Waals surface area contributed by atoms with E-state index in [2.05, 4.69) is 29.2 Å². The van der Waals surface area contributed by atoms with Gasteiger partial charge in [-0.15, -0.1) is 0 Å². The normalized spacial score (nSPS) is 29.3. The zero-order chi connectivity index (χ0) is 13.1. The molecular formula is C17H25NO. The monoisotopic (exact) mass is 259 g/mol. The van der Waals surface area contributed by atoms with Gasteiger partial charge in [0.15, 0.2) is 0 Å². The fraction of sp³-hybridized carbons (Fsp3) is 0.647. The quantitative estimate of drug-likeness (QED) is 0.783. The van der Waals surface area contributed by atoms with Crippen molar-refractivity contribution in [1.82, 2.24) is 4.90 Å². The van der Waals surface area contributed by atoms with Crippen LogP contribution in [0, 0.1) is 0 Å². The first-order chi connectivity index (χ1) is 9.34. The van der Waals surface area contributed by atoms with Gasteiger partial charge < -0.3 is 5.11 Å². The summed E-state index contributed by atoms with van der Waals surface area (Å²) in [5, 5.41) is 10.4. The first-order valence-corrected chi connectivity index (χ1v) is 7.83. The highest BCUT2D eigenvalue weighted by molar-refractivity contribution is 5.28. The first-order valence-electron chi connectivity index (χ1n) is 7.83. The van der Waals surface area contributed by atoms with Crippen LogP contribution in [0.3, 0.4) is 0 Å². The molecule has 2 nitrogen and oxygen atoms in total. The van der Waals surface area contributed by atoms with E-state index in [4.69, 9.17) is 0 Å². The molecule has 3 rings (SSSR count). The number of fused-ring (bicyclic) bond motifs is 1. The predicted octanol–water partition coefficient (Wildman–Crippen LogP) is 3.13. The third kappa shape index (κ3) is 3.01. The average Bonchev–Trinajstić information content (AvgIpc) is 2.76. The van der Waals surface area contributed by atoms with Crippen LogP contribution in [0.25, 0.3) is 0 Å². The zero-order valence-corrected chi connectivity index (χ0v) is 11.7. The lowest BCUT2D eigenvalue weighted by molar-refractivity contribution is 0.0403. The van der Waals surface area contributed by atoms with Crippen LogP contribution in [-0.4, -0.2) is 28.7 Å². The number of nitrogens with zero attached hydrogens (tertiary/aromatic N) is 1. The SMILES string of the molecule is OC1CCCCCC1N1CCCc2ccccc2C1. The van der Waals surface area contributed by atoms with Crippen LogP contribution < -0.4 is 0 Å². The van der Waals surface area contributed by atoms with Gasteiger partial charge in [0.25, 0.3) is 0 Å². The van der Waals surface area contributed by atoms with Crippen LogP contribution in [0.1, 0.15) is 49.7 Å². The first kappa shape index (κ1) is 13.1. The standard InChI is InChI=1S/C17H25NO/c19-17-11-3-1-2-10-16(17)18-12-6-9-14-7-4-5-8-15(14)13-18/h4-5,7-8,16-17,19H,1-3,6,9-13H2. The zero-order valence-electron chi connectivity index (χ0n) is 11.7. The molecule has 1 aromatic rings. The Balaban J connectivity index is 1.77. The van der Waals surface area contributed by atoms with Gasteiger partial charge in [0.05, 0.1) is 6.10 Å². The van der Waals surface area contributed by atoms with Crippen molar-refractivity contribution < 1.29 is 5.11 Å². The molecule has 2 unspecified atom stereocenters. The number of aliphatic hydroxyl groups is 1. The number of aryl methyl sites for hydroxylation is 1. The molecule has 2 atom stereocenters. The number of aliphatic hydroxyl groups excluding tert-OH is 1. The summed E-state index contributed by atoms with van der Waals surface area (Å²) in [5.41, 5.74) is 2.98. The van der Waals surface area contributed by atoms with Crippen LogP contribution >= 0.6 is 0 Å². The molecular weight excluding hydrogens is 234 g/mol. The highest BCUT2D eigenvalue weighted by Gasteiger charge is 2.28. The minimum absolute atomic E-state index is 0.118. The summed E-state index contributed by atoms with van der Waals surface area (Å²) in [7, 11) is 0. The molecule has 0 amide bonds. The summed E-state index contributed by atoms with van der Waals surface area (Å²) >= 11 is 0. The summed E-state index contributed by atoms with van der Waals surface area (Å²) in [5.74, 6) is 0. The Morgan fingerprint density at radius 3 is 2.63 bits per heavy atom. The molecule has 1 aliphatic carbocycles. The van der Waals surface area contributed by atoms with Gasteiger partial charge in [-0.05, 0) is 43.4 Å². The molecule has 0 aromatic heterocycles. The van der Waals surface area contributed by atoms with E-state index in [1.807, 2.05) is 0 Å². The molecule has 1 heterocycles. The molecule has 1 aliphatic heterocycles. The number of hydrogen-bond acceptors (Lipinski definition) is 2. The van der Waals surface area contributed by atoms with Crippen molar-refractivity contribution in [3.8, 4) is 0 Å². The molecule has 19 heavy (non-hydrogen) atoms. The van der Waals surface area contributed by atoms with Gasteiger partial charge in [-0.25, -0.2) is 0 Å². The summed E-state index contributed by atoms with van der Waals surface area (Å²) < 4.78 is 0. The molecule has 0 spiro atoms. The summed E-state index contributed by atoms with van der Waals surface area (Å²) in [6.45, 7) is 2.16. The largest absolute Gasteiger partial charge is 0.391 e. The van der Waals surface area contributed by atoms with E-state index in [0.29, 0.717) is 6.04 Å². The van der Waals surface area contributed by atoms with Crippen molar-refractivity contribution in [2.45, 2.75) is 63.6 Å². The molecule has 0 saturated heterocycles. The molecule has 2 heteroatoms. The summed E-state index contributed by atoms with van der Waals surface area (Å²) in [4.78, 5) is 2.54. The number of benzene rings is 1. The molecule has 0 radical (unpaired) electrons. The van der Waals surface area contributed by atoms with E-state index < -0.39 is 0 Å². The second-order valence-corrected chi connectivity index (χ2v) is 6.12. The van der Waals surface area contributed by atoms with Crippen molar-refractivity contribution >= 4 is 0 Å². The predicted molar refractivity (Wildman–Crippen MR) is 78.1 cm³/mol. The maximum Gasteiger partial charge on any atom is 0.0695 e. The van der Waals surface area contributed by atoms with Crippen LogP contribution in [0.15, 0.2) is 24.3 Å². The molecule has 1 N–H and O–H groups in total. The van der Waals surface area contributed by atoms with Gasteiger partial charge in [-0.1, -0.05) is 43.5 Å². The van der Waals surface area contributed by atoms with Gasteiger partial charge >= 0.3 is 0 Å². The van der Waals surface area contributed by atoms with Crippen molar-refractivity contribution in [3.63, 3.8) is 0 Å². The fourth-order valence-corrected chi connectivity index (χ4v) is 3.70. The smallest absolute Gasteiger partial charge is 0.0695 e. The Morgan fingerprint density at radius 1 is 0.947 bits per heavy atom. The molecule has 2 aliphatic rings. The van der Waals surface area contributed by atoms with Crippen molar-refractivity contribution in [3.05, 3.63) is 35.4 Å². The Kier molecular flexibility index (Phi) is 4.19. The highest BCUT2D eigenvalue weighted by Crippen LogP contribution is 2.27. The van der Waals surface area contributed by atoms with Crippen LogP contribution in [-0.2, 0) is 13.0 Å². The van der Waals surface area contributed by atoms with E-state index in [9.17, 15) is 5.11 Å². The third-order valence-corrected chi connectivity index (χ3v) is 4.80. The van der Waals surface area contributed by atoms with Crippen molar-refractivity contribution in [1.29, 1.82) is 0 Å². The number of rotatable bonds is 1. The third-order valence-electron chi connectivity index (χ3n) is 4.80. The Bertz CT molecular complexity index is 417. The minimum atomic E-state index is -0.118. The lowest BCUT2D eigenvalue weighted by Gasteiger charge is -2.33. The van der Waals surface area contributed by atoms with Crippen molar-refractivity contribution in [2.75, 3.05) is 6.54 Å². The van der Waals surface area contributed by atoms with E-state index in [1.54, 1.807) is 0 Å². The Labute approximate surface area is 116 Å². The van der Waals surface area contributed by atoms with Crippen LogP contribution in [0.4, 0.5) is 0 Å². The van der Waals surface area contributed by atoms with Gasteiger partial charge in [0.1, 0.15) is 0 Å². The highest BCUT2D eigenvalue weighted by atomic mass is 16.3. The maximum absolute atomic E-state index is 10.4. The number of hydrogen-bond donors (Lipinski definition) is 1. The van der Waals surface area contributed by atoms with Gasteiger partial charge in [-0.3, -0.25) is 4.90 Å². The van der Waals surface area contributed by atoms with Gasteiger partial charge in [0, 0.05) is 12.6 Å². The van der Waals surface area contributed by atoms with E-state index in [-0.39, 0.29) is 6.10 Å². The van der Waals surface area contributed by atoms with Gasteiger partial charge in [0.2, 0.25) is 0 Å². The topological polar surface area (TPSA) is 23.5 Å². The maximum atomic E-state index is 10.4. The van der Waals surface area contributed by atoms with Gasteiger partial charge in [-0.2, -0.15) is 0 Å². The van der Waals surface area contributed by atoms with E-state index >= 15 is 0 Å².